The van der Waals surface area contributed by atoms with Crippen molar-refractivity contribution < 1.29 is 9.59 Å². The molecule has 0 spiro atoms. The number of hydrogen-bond acceptors (Lipinski definition) is 4. The van der Waals surface area contributed by atoms with Crippen LogP contribution in [0.2, 0.25) is 0 Å². The van der Waals surface area contributed by atoms with Gasteiger partial charge < -0.3 is 5.32 Å². The van der Waals surface area contributed by atoms with Crippen LogP contribution >= 0.6 is 0 Å². The van der Waals surface area contributed by atoms with Crippen molar-refractivity contribution >= 4 is 17.5 Å². The maximum absolute atomic E-state index is 12.5. The minimum absolute atomic E-state index is 0.0243. The fourth-order valence-corrected chi connectivity index (χ4v) is 4.18. The van der Waals surface area contributed by atoms with Crippen LogP contribution in [0.1, 0.15) is 64.2 Å². The van der Waals surface area contributed by atoms with Crippen molar-refractivity contribution in [3.8, 4) is 0 Å². The number of carbonyl (C=O) groups excluding carboxylic acids is 2. The van der Waals surface area contributed by atoms with E-state index < -0.39 is 0 Å². The quantitative estimate of drug-likeness (QED) is 0.802. The Hall–Kier alpha value is -1.43. The van der Waals surface area contributed by atoms with Crippen molar-refractivity contribution in [3.63, 3.8) is 0 Å². The summed E-state index contributed by atoms with van der Waals surface area (Å²) in [7, 11) is 1.61. The van der Waals surface area contributed by atoms with Gasteiger partial charge in [0.1, 0.15) is 5.71 Å². The molecule has 2 heterocycles. The normalized spacial score (nSPS) is 27.5. The molecular formula is C18H30N4O2. The van der Waals surface area contributed by atoms with Crippen LogP contribution in [0.25, 0.3) is 0 Å². The standard InChI is InChI=1S/C18H30N4O2/c1-21-17(23)11-10-16(20-21)18(24)19-14-7-6-12-22(13-14)15-8-4-2-3-5-9-15/h14-15H,2-13H2,1H3,(H,19,24)/t14-/m0/s1. The monoisotopic (exact) mass is 334 g/mol. The van der Waals surface area contributed by atoms with Gasteiger partial charge in [0.2, 0.25) is 5.91 Å². The fourth-order valence-electron chi connectivity index (χ4n) is 4.18. The molecule has 3 aliphatic rings. The second-order valence-corrected chi connectivity index (χ2v) is 7.42. The third-order valence-electron chi connectivity index (χ3n) is 5.60. The molecule has 1 N–H and O–H groups in total. The van der Waals surface area contributed by atoms with E-state index in [1.54, 1.807) is 7.05 Å². The van der Waals surface area contributed by atoms with Gasteiger partial charge in [0.05, 0.1) is 0 Å². The van der Waals surface area contributed by atoms with Crippen molar-refractivity contribution in [2.45, 2.75) is 76.3 Å². The van der Waals surface area contributed by atoms with Gasteiger partial charge >= 0.3 is 0 Å². The molecule has 2 amide bonds. The molecule has 24 heavy (non-hydrogen) atoms. The van der Waals surface area contributed by atoms with Gasteiger partial charge in [-0.3, -0.25) is 14.5 Å². The Morgan fingerprint density at radius 1 is 1.08 bits per heavy atom. The van der Waals surface area contributed by atoms with Crippen LogP contribution in [0.15, 0.2) is 5.10 Å². The molecule has 0 aromatic carbocycles. The van der Waals surface area contributed by atoms with E-state index in [4.69, 9.17) is 0 Å². The van der Waals surface area contributed by atoms with Crippen LogP contribution in [0.3, 0.4) is 0 Å². The zero-order valence-electron chi connectivity index (χ0n) is 14.8. The van der Waals surface area contributed by atoms with Gasteiger partial charge in [0.25, 0.3) is 5.91 Å². The lowest BCUT2D eigenvalue weighted by Crippen LogP contribution is -2.52. The molecule has 1 atom stereocenters. The Labute approximate surface area is 144 Å². The lowest BCUT2D eigenvalue weighted by molar-refractivity contribution is -0.130. The van der Waals surface area contributed by atoms with Gasteiger partial charge in [-0.05, 0) is 32.2 Å². The van der Waals surface area contributed by atoms with Crippen LogP contribution in [0.5, 0.6) is 0 Å². The van der Waals surface area contributed by atoms with Gasteiger partial charge in [-0.1, -0.05) is 25.7 Å². The molecule has 134 valence electrons. The zero-order valence-corrected chi connectivity index (χ0v) is 14.8. The molecule has 0 aromatic heterocycles. The first-order valence-corrected chi connectivity index (χ1v) is 9.52. The topological polar surface area (TPSA) is 65.0 Å². The molecule has 1 saturated carbocycles. The number of nitrogens with zero attached hydrogens (tertiary/aromatic N) is 3. The van der Waals surface area contributed by atoms with Gasteiger partial charge in [0, 0.05) is 38.5 Å². The van der Waals surface area contributed by atoms with Crippen LogP contribution < -0.4 is 5.32 Å². The summed E-state index contributed by atoms with van der Waals surface area (Å²) in [6.07, 6.45) is 11.1. The lowest BCUT2D eigenvalue weighted by atomic mass is 9.99. The molecule has 0 radical (unpaired) electrons. The fraction of sp³-hybridized carbons (Fsp3) is 0.833. The van der Waals surface area contributed by atoms with E-state index in [0.29, 0.717) is 24.6 Å². The van der Waals surface area contributed by atoms with E-state index in [-0.39, 0.29) is 17.9 Å². The molecular weight excluding hydrogens is 304 g/mol. The minimum atomic E-state index is -0.0953. The first kappa shape index (κ1) is 17.4. The van der Waals surface area contributed by atoms with Crippen molar-refractivity contribution in [1.82, 2.24) is 15.2 Å². The highest BCUT2D eigenvalue weighted by molar-refractivity contribution is 6.39. The maximum Gasteiger partial charge on any atom is 0.267 e. The predicted molar refractivity (Wildman–Crippen MR) is 93.7 cm³/mol. The Bertz CT molecular complexity index is 497. The van der Waals surface area contributed by atoms with Gasteiger partial charge in [-0.2, -0.15) is 5.10 Å². The lowest BCUT2D eigenvalue weighted by Gasteiger charge is -2.38. The smallest absolute Gasteiger partial charge is 0.267 e. The van der Waals surface area contributed by atoms with Crippen molar-refractivity contribution in [2.24, 2.45) is 5.10 Å². The summed E-state index contributed by atoms with van der Waals surface area (Å²) in [6, 6.07) is 0.906. The average Bonchev–Trinajstić information content (AvgIpc) is 2.87. The Morgan fingerprint density at radius 2 is 1.83 bits per heavy atom. The third-order valence-corrected chi connectivity index (χ3v) is 5.60. The second-order valence-electron chi connectivity index (χ2n) is 7.42. The molecule has 6 nitrogen and oxygen atoms in total. The summed E-state index contributed by atoms with van der Waals surface area (Å²) < 4.78 is 0. The predicted octanol–water partition coefficient (Wildman–Crippen LogP) is 1.90. The summed E-state index contributed by atoms with van der Waals surface area (Å²) in [4.78, 5) is 26.5. The number of hydrogen-bond donors (Lipinski definition) is 1. The Morgan fingerprint density at radius 3 is 2.54 bits per heavy atom. The average molecular weight is 334 g/mol. The van der Waals surface area contributed by atoms with E-state index in [1.807, 2.05) is 0 Å². The third kappa shape index (κ3) is 4.35. The number of hydrazone groups is 1. The van der Waals surface area contributed by atoms with E-state index >= 15 is 0 Å². The first-order chi connectivity index (χ1) is 11.6. The van der Waals surface area contributed by atoms with Crippen molar-refractivity contribution in [1.29, 1.82) is 0 Å². The maximum atomic E-state index is 12.5. The molecule has 2 aliphatic heterocycles. The number of piperidine rings is 1. The highest BCUT2D eigenvalue weighted by atomic mass is 16.2. The molecule has 0 unspecified atom stereocenters. The number of rotatable bonds is 3. The molecule has 0 aromatic rings. The molecule has 3 rings (SSSR count). The minimum Gasteiger partial charge on any atom is -0.347 e. The van der Waals surface area contributed by atoms with Crippen LogP contribution in [0, 0.1) is 0 Å². The highest BCUT2D eigenvalue weighted by Gasteiger charge is 2.29. The van der Waals surface area contributed by atoms with Crippen LogP contribution in [-0.2, 0) is 9.59 Å². The molecule has 6 heteroatoms. The molecule has 2 fully saturated rings. The van der Waals surface area contributed by atoms with Crippen LogP contribution in [0.4, 0.5) is 0 Å². The van der Waals surface area contributed by atoms with Gasteiger partial charge in [-0.15, -0.1) is 0 Å². The Balaban J connectivity index is 1.54. The second kappa shape index (κ2) is 8.10. The number of carbonyl (C=O) groups is 2. The summed E-state index contributed by atoms with van der Waals surface area (Å²) >= 11 is 0. The first-order valence-electron chi connectivity index (χ1n) is 9.52. The van der Waals surface area contributed by atoms with E-state index in [1.165, 1.54) is 43.5 Å². The summed E-state index contributed by atoms with van der Waals surface area (Å²) in [5.74, 6) is -0.120. The van der Waals surface area contributed by atoms with Crippen molar-refractivity contribution in [3.05, 3.63) is 0 Å². The summed E-state index contributed by atoms with van der Waals surface area (Å²) in [5, 5.41) is 8.57. The molecule has 1 aliphatic carbocycles. The SMILES string of the molecule is CN1N=C(C(=O)N[C@H]2CCCN(C3CCCCCC3)C2)CCC1=O. The van der Waals surface area contributed by atoms with Gasteiger partial charge in [-0.25, -0.2) is 5.01 Å². The summed E-state index contributed by atoms with van der Waals surface area (Å²) in [5.41, 5.74) is 0.490. The molecule has 1 saturated heterocycles. The Kier molecular flexibility index (Phi) is 5.87. The summed E-state index contributed by atoms with van der Waals surface area (Å²) in [6.45, 7) is 2.12. The van der Waals surface area contributed by atoms with E-state index in [9.17, 15) is 9.59 Å². The van der Waals surface area contributed by atoms with E-state index in [2.05, 4.69) is 15.3 Å². The number of likely N-dealkylation sites (tertiary alicyclic amines) is 1. The highest BCUT2D eigenvalue weighted by Crippen LogP contribution is 2.24. The van der Waals surface area contributed by atoms with Gasteiger partial charge in [0.15, 0.2) is 0 Å². The van der Waals surface area contributed by atoms with Crippen LogP contribution in [-0.4, -0.2) is 59.7 Å². The number of amides is 2. The largest absolute Gasteiger partial charge is 0.347 e. The van der Waals surface area contributed by atoms with E-state index in [0.717, 1.165) is 25.9 Å². The zero-order chi connectivity index (χ0) is 16.9. The molecule has 0 bridgehead atoms. The van der Waals surface area contributed by atoms with Crippen molar-refractivity contribution in [2.75, 3.05) is 20.1 Å². The number of nitrogens with one attached hydrogen (secondary N) is 1.